The minimum Gasteiger partial charge on any atom is -0.383 e. The van der Waals surface area contributed by atoms with Crippen molar-refractivity contribution >= 4 is 22.6 Å². The molecule has 0 saturated carbocycles. The summed E-state index contributed by atoms with van der Waals surface area (Å²) >= 11 is 0. The Morgan fingerprint density at radius 2 is 1.92 bits per heavy atom. The molecule has 4 aromatic rings. The first-order valence-electron chi connectivity index (χ1n) is 12.3. The lowest BCUT2D eigenvalue weighted by atomic mass is 10.1. The zero-order valence-corrected chi connectivity index (χ0v) is 21.4. The number of nitrogens with two attached hydrogens (primary N) is 1. The maximum Gasteiger partial charge on any atom is 0.417 e. The number of nitrogen functional groups attached to an aromatic ring is 1. The number of nitrogens with one attached hydrogen (secondary N) is 1. The number of carbonyl (C=O) groups is 1. The normalized spacial score (nSPS) is 15.0. The Bertz CT molecular complexity index is 1550. The molecule has 0 bridgehead atoms. The number of anilines is 1. The topological polar surface area (TPSA) is 87.4 Å². The van der Waals surface area contributed by atoms with E-state index in [2.05, 4.69) is 15.3 Å². The summed E-state index contributed by atoms with van der Waals surface area (Å²) in [5.74, 6) is 0.144. The predicted octanol–water partition coefficient (Wildman–Crippen LogP) is 5.39. The van der Waals surface area contributed by atoms with Crippen LogP contribution in [0.15, 0.2) is 79.3 Å². The van der Waals surface area contributed by atoms with E-state index in [9.17, 15) is 18.0 Å². The SMILES string of the molecule is Cc1cc2cc(C(=O)N(Cc3cccc(C4NC=CN4C)c3)Cc3ccc(C(F)(F)F)cn3)ccc2nc1N. The van der Waals surface area contributed by atoms with Gasteiger partial charge in [-0.15, -0.1) is 0 Å². The van der Waals surface area contributed by atoms with E-state index in [1.165, 1.54) is 6.07 Å². The Balaban J connectivity index is 1.47. The van der Waals surface area contributed by atoms with Crippen molar-refractivity contribution in [3.05, 3.63) is 113 Å². The van der Waals surface area contributed by atoms with Crippen molar-refractivity contribution in [2.24, 2.45) is 0 Å². The Morgan fingerprint density at radius 1 is 1.10 bits per heavy atom. The van der Waals surface area contributed by atoms with E-state index in [0.717, 1.165) is 34.3 Å². The van der Waals surface area contributed by atoms with Crippen molar-refractivity contribution in [2.75, 3.05) is 12.8 Å². The highest BCUT2D eigenvalue weighted by atomic mass is 19.4. The molecule has 7 nitrogen and oxygen atoms in total. The molecule has 0 fully saturated rings. The molecule has 3 heterocycles. The number of amides is 1. The summed E-state index contributed by atoms with van der Waals surface area (Å²) < 4.78 is 39.2. The lowest BCUT2D eigenvalue weighted by Gasteiger charge is -2.25. The molecule has 1 unspecified atom stereocenters. The van der Waals surface area contributed by atoms with E-state index >= 15 is 0 Å². The van der Waals surface area contributed by atoms with Crippen LogP contribution in [-0.4, -0.2) is 32.7 Å². The highest BCUT2D eigenvalue weighted by Gasteiger charge is 2.31. The number of benzene rings is 2. The summed E-state index contributed by atoms with van der Waals surface area (Å²) in [6.45, 7) is 2.11. The summed E-state index contributed by atoms with van der Waals surface area (Å²) in [5, 5.41) is 4.05. The van der Waals surface area contributed by atoms with Crippen molar-refractivity contribution in [2.45, 2.75) is 32.4 Å². The Kier molecular flexibility index (Phi) is 6.86. The Morgan fingerprint density at radius 3 is 2.62 bits per heavy atom. The van der Waals surface area contributed by atoms with Crippen molar-refractivity contribution in [1.29, 1.82) is 0 Å². The lowest BCUT2D eigenvalue weighted by Crippen LogP contribution is -2.31. The van der Waals surface area contributed by atoms with Gasteiger partial charge in [0.15, 0.2) is 0 Å². The van der Waals surface area contributed by atoms with Gasteiger partial charge in [0.05, 0.1) is 23.3 Å². The molecule has 1 aliphatic rings. The lowest BCUT2D eigenvalue weighted by molar-refractivity contribution is -0.137. The van der Waals surface area contributed by atoms with E-state index in [-0.39, 0.29) is 25.2 Å². The summed E-state index contributed by atoms with van der Waals surface area (Å²) in [7, 11) is 1.96. The highest BCUT2D eigenvalue weighted by Crippen LogP contribution is 2.29. The van der Waals surface area contributed by atoms with E-state index in [1.54, 1.807) is 23.1 Å². The third kappa shape index (κ3) is 5.64. The van der Waals surface area contributed by atoms with Gasteiger partial charge < -0.3 is 20.9 Å². The van der Waals surface area contributed by atoms with Gasteiger partial charge in [-0.1, -0.05) is 24.3 Å². The van der Waals surface area contributed by atoms with Gasteiger partial charge in [-0.05, 0) is 60.0 Å². The molecule has 1 amide bonds. The van der Waals surface area contributed by atoms with E-state index in [1.807, 2.05) is 61.6 Å². The van der Waals surface area contributed by atoms with Crippen LogP contribution in [0, 0.1) is 6.92 Å². The van der Waals surface area contributed by atoms with Crippen LogP contribution < -0.4 is 11.1 Å². The molecule has 0 aliphatic carbocycles. The molecule has 0 spiro atoms. The summed E-state index contributed by atoms with van der Waals surface area (Å²) in [6, 6.07) is 17.2. The molecule has 2 aromatic heterocycles. The van der Waals surface area contributed by atoms with E-state index < -0.39 is 11.7 Å². The van der Waals surface area contributed by atoms with Crippen LogP contribution in [0.2, 0.25) is 0 Å². The standard InChI is InChI=1S/C29H27F3N6O/c1-18-12-22-14-21(6-9-25(22)36-26(18)33)28(39)38(17-24-8-7-23(15-35-24)29(30,31)32)16-19-4-3-5-20(13-19)27-34-10-11-37(27)2/h3-15,27,34H,16-17H2,1-2H3,(H2,33,36). The molecule has 5 rings (SSSR count). The number of carbonyl (C=O) groups excluding carboxylic acids is 1. The van der Waals surface area contributed by atoms with Gasteiger partial charge in [-0.3, -0.25) is 9.78 Å². The van der Waals surface area contributed by atoms with Crippen molar-refractivity contribution in [3.63, 3.8) is 0 Å². The molecule has 0 saturated heterocycles. The summed E-state index contributed by atoms with van der Waals surface area (Å²) in [6.07, 6.45) is 0.0793. The van der Waals surface area contributed by atoms with Crippen LogP contribution in [0.25, 0.3) is 10.9 Å². The van der Waals surface area contributed by atoms with Gasteiger partial charge in [-0.25, -0.2) is 4.98 Å². The number of nitrogens with zero attached hydrogens (tertiary/aromatic N) is 4. The molecule has 1 aliphatic heterocycles. The Hall–Kier alpha value is -4.60. The van der Waals surface area contributed by atoms with E-state index in [4.69, 9.17) is 5.73 Å². The van der Waals surface area contributed by atoms with Crippen LogP contribution in [0.5, 0.6) is 0 Å². The molecular formula is C29H27F3N6O. The van der Waals surface area contributed by atoms with Gasteiger partial charge in [-0.2, -0.15) is 13.2 Å². The average Bonchev–Trinajstić information content (AvgIpc) is 3.34. The van der Waals surface area contributed by atoms with E-state index in [0.29, 0.717) is 22.6 Å². The van der Waals surface area contributed by atoms with Crippen molar-refractivity contribution in [3.8, 4) is 0 Å². The largest absolute Gasteiger partial charge is 0.417 e. The smallest absolute Gasteiger partial charge is 0.383 e. The summed E-state index contributed by atoms with van der Waals surface area (Å²) in [5.41, 5.74) is 9.23. The van der Waals surface area contributed by atoms with Gasteiger partial charge in [0, 0.05) is 43.1 Å². The highest BCUT2D eigenvalue weighted by molar-refractivity contribution is 5.98. The number of pyridine rings is 2. The second-order valence-corrected chi connectivity index (χ2v) is 9.59. The monoisotopic (exact) mass is 532 g/mol. The number of hydrogen-bond donors (Lipinski definition) is 2. The minimum atomic E-state index is -4.49. The first-order chi connectivity index (χ1) is 18.6. The van der Waals surface area contributed by atoms with Crippen LogP contribution in [-0.2, 0) is 19.3 Å². The van der Waals surface area contributed by atoms with Gasteiger partial charge in [0.25, 0.3) is 5.91 Å². The van der Waals surface area contributed by atoms with Gasteiger partial charge in [0.2, 0.25) is 0 Å². The van der Waals surface area contributed by atoms with Crippen LogP contribution in [0.1, 0.15) is 44.5 Å². The number of aryl methyl sites for hydroxylation is 1. The number of halogens is 3. The third-order valence-corrected chi connectivity index (χ3v) is 6.69. The molecule has 1 atom stereocenters. The number of alkyl halides is 3. The molecule has 0 radical (unpaired) electrons. The fourth-order valence-corrected chi connectivity index (χ4v) is 4.56. The minimum absolute atomic E-state index is 0.0292. The second kappa shape index (κ2) is 10.3. The predicted molar refractivity (Wildman–Crippen MR) is 143 cm³/mol. The summed E-state index contributed by atoms with van der Waals surface area (Å²) in [4.78, 5) is 25.8. The van der Waals surface area contributed by atoms with Gasteiger partial charge in [0.1, 0.15) is 12.0 Å². The molecule has 39 heavy (non-hydrogen) atoms. The second-order valence-electron chi connectivity index (χ2n) is 9.59. The zero-order valence-electron chi connectivity index (χ0n) is 21.4. The van der Waals surface area contributed by atoms with Crippen LogP contribution >= 0.6 is 0 Å². The molecule has 2 aromatic carbocycles. The maximum atomic E-state index is 13.8. The quantitative estimate of drug-likeness (QED) is 0.347. The maximum absolute atomic E-state index is 13.8. The fraction of sp³-hybridized carbons (Fsp3) is 0.207. The van der Waals surface area contributed by atoms with Crippen LogP contribution in [0.3, 0.4) is 0 Å². The molecule has 3 N–H and O–H groups in total. The number of aromatic nitrogens is 2. The molecular weight excluding hydrogens is 505 g/mol. The number of fused-ring (bicyclic) bond motifs is 1. The number of hydrogen-bond acceptors (Lipinski definition) is 6. The third-order valence-electron chi connectivity index (χ3n) is 6.69. The first kappa shape index (κ1) is 26.0. The zero-order chi connectivity index (χ0) is 27.7. The Labute approximate surface area is 223 Å². The van der Waals surface area contributed by atoms with Crippen LogP contribution in [0.4, 0.5) is 19.0 Å². The fourth-order valence-electron chi connectivity index (χ4n) is 4.56. The molecule has 10 heteroatoms. The van der Waals surface area contributed by atoms with Gasteiger partial charge >= 0.3 is 6.18 Å². The van der Waals surface area contributed by atoms with Crippen molar-refractivity contribution < 1.29 is 18.0 Å². The number of rotatable bonds is 6. The first-order valence-corrected chi connectivity index (χ1v) is 12.3. The average molecular weight is 533 g/mol. The molecule has 200 valence electrons. The van der Waals surface area contributed by atoms with Crippen molar-refractivity contribution in [1.82, 2.24) is 25.1 Å².